The van der Waals surface area contributed by atoms with Crippen LogP contribution in [0.2, 0.25) is 0 Å². The Morgan fingerprint density at radius 1 is 0.766 bits per heavy atom. The Hall–Kier alpha value is -6.04. The van der Waals surface area contributed by atoms with Crippen LogP contribution in [0.15, 0.2) is 128 Å². The molecule has 0 saturated carbocycles. The van der Waals surface area contributed by atoms with Gasteiger partial charge in [-0.25, -0.2) is 14.8 Å². The van der Waals surface area contributed by atoms with Gasteiger partial charge in [0.05, 0.1) is 17.6 Å². The van der Waals surface area contributed by atoms with E-state index in [9.17, 15) is 9.59 Å². The maximum absolute atomic E-state index is 13.6. The van der Waals surface area contributed by atoms with Crippen molar-refractivity contribution in [3.8, 4) is 11.8 Å². The predicted octanol–water partition coefficient (Wildman–Crippen LogP) is 6.95. The highest BCUT2D eigenvalue weighted by molar-refractivity contribution is 6.05. The third kappa shape index (κ3) is 9.72. The second kappa shape index (κ2) is 16.3. The lowest BCUT2D eigenvalue weighted by molar-refractivity contribution is -0.111. The number of fused-ring (bicyclic) bond motifs is 1. The van der Waals surface area contributed by atoms with Crippen LogP contribution < -0.4 is 10.6 Å². The number of ether oxygens (including phenoxy) is 1. The zero-order chi connectivity index (χ0) is 32.8. The molecule has 4 aromatic carbocycles. The summed E-state index contributed by atoms with van der Waals surface area (Å²) in [7, 11) is 3.77. The molecule has 0 aliphatic rings. The summed E-state index contributed by atoms with van der Waals surface area (Å²) < 4.78 is 5.78. The molecule has 1 aromatic heterocycles. The summed E-state index contributed by atoms with van der Waals surface area (Å²) in [4.78, 5) is 36.7. The van der Waals surface area contributed by atoms with Crippen molar-refractivity contribution in [1.29, 1.82) is 0 Å². The molecule has 0 aliphatic heterocycles. The van der Waals surface area contributed by atoms with Crippen molar-refractivity contribution in [1.82, 2.24) is 14.9 Å². The van der Waals surface area contributed by atoms with Crippen LogP contribution in [0.5, 0.6) is 0 Å². The van der Waals surface area contributed by atoms with Crippen molar-refractivity contribution in [2.45, 2.75) is 13.0 Å². The second-order valence-corrected chi connectivity index (χ2v) is 10.9. The van der Waals surface area contributed by atoms with Crippen LogP contribution in [0.3, 0.4) is 0 Å². The summed E-state index contributed by atoms with van der Waals surface area (Å²) in [6.07, 6.45) is 1.99. The molecule has 5 rings (SSSR count). The highest BCUT2D eigenvalue weighted by Gasteiger charge is 2.16. The third-order valence-corrected chi connectivity index (χ3v) is 6.98. The van der Waals surface area contributed by atoms with E-state index in [1.807, 2.05) is 116 Å². The summed E-state index contributed by atoms with van der Waals surface area (Å²) in [6, 6.07) is 38.4. The van der Waals surface area contributed by atoms with Gasteiger partial charge in [0, 0.05) is 16.8 Å². The summed E-state index contributed by atoms with van der Waals surface area (Å²) in [5.41, 5.74) is 5.09. The van der Waals surface area contributed by atoms with E-state index < -0.39 is 11.9 Å². The van der Waals surface area contributed by atoms with Gasteiger partial charge in [0.2, 0.25) is 0 Å². The highest BCUT2D eigenvalue weighted by atomic mass is 16.5. The molecule has 1 heterocycles. The van der Waals surface area contributed by atoms with Crippen LogP contribution >= 0.6 is 0 Å². The van der Waals surface area contributed by atoms with Crippen molar-refractivity contribution >= 4 is 40.0 Å². The number of esters is 1. The van der Waals surface area contributed by atoms with Crippen LogP contribution in [-0.4, -0.2) is 47.4 Å². The van der Waals surface area contributed by atoms with Crippen molar-refractivity contribution in [2.75, 3.05) is 31.3 Å². The Morgan fingerprint density at radius 2 is 1.43 bits per heavy atom. The zero-order valence-corrected chi connectivity index (χ0v) is 26.3. The molecule has 0 aliphatic carbocycles. The molecule has 0 radical (unpaired) electrons. The molecule has 0 atom stereocenters. The van der Waals surface area contributed by atoms with E-state index >= 15 is 0 Å². The minimum absolute atomic E-state index is 0.157. The first-order chi connectivity index (χ1) is 22.9. The minimum atomic E-state index is -0.428. The van der Waals surface area contributed by atoms with Gasteiger partial charge in [-0.15, -0.1) is 0 Å². The molecule has 0 saturated heterocycles. The molecule has 2 N–H and O–H groups in total. The van der Waals surface area contributed by atoms with Crippen LogP contribution in [0.1, 0.15) is 27.0 Å². The number of aromatic nitrogens is 2. The Balaban J connectivity index is 1.45. The lowest BCUT2D eigenvalue weighted by atomic mass is 9.99. The average molecular weight is 622 g/mol. The fourth-order valence-corrected chi connectivity index (χ4v) is 4.68. The van der Waals surface area contributed by atoms with Gasteiger partial charge in [0.1, 0.15) is 18.8 Å². The number of hydrogen-bond donors (Lipinski definition) is 2. The van der Waals surface area contributed by atoms with E-state index in [-0.39, 0.29) is 6.61 Å². The average Bonchev–Trinajstić information content (AvgIpc) is 3.07. The minimum Gasteiger partial charge on any atom is -0.457 e. The standard InChI is InChI=1S/C39H35N5O3/c1-44(2)23-13-18-37(45)42-32-21-22-36-35(26-32)38(41-28-40-36)43-33-20-19-31(24-29-14-9-6-4-3-5-7-10-15-29)34(25-33)39(46)47-27-30-16-11-8-12-17-30/h3-12,14-17,19-22,25-26,28H,23-24,27H2,1-2H3,(H,42,45)(H,40,41,43). The second-order valence-electron chi connectivity index (χ2n) is 10.9. The molecule has 8 nitrogen and oxygen atoms in total. The first kappa shape index (κ1) is 32.4. The number of amides is 1. The molecule has 0 fully saturated rings. The first-order valence-corrected chi connectivity index (χ1v) is 15.1. The number of carbonyl (C=O) groups excluding carboxylic acids is 2. The lowest BCUT2D eigenvalue weighted by Gasteiger charge is -2.14. The Labute approximate surface area is 274 Å². The molecule has 5 aromatic rings. The van der Waals surface area contributed by atoms with Crippen LogP contribution in [0, 0.1) is 11.8 Å². The Bertz CT molecular complexity index is 1960. The number of anilines is 3. The molecule has 1 amide bonds. The van der Waals surface area contributed by atoms with E-state index in [4.69, 9.17) is 4.74 Å². The molecule has 0 spiro atoms. The maximum atomic E-state index is 13.6. The number of nitrogens with zero attached hydrogens (tertiary/aromatic N) is 3. The van der Waals surface area contributed by atoms with Crippen LogP contribution in [-0.2, 0) is 22.6 Å². The normalized spacial score (nSPS) is 10.4. The molecule has 234 valence electrons. The number of rotatable bonds is 9. The van der Waals surface area contributed by atoms with Crippen LogP contribution in [0.25, 0.3) is 10.9 Å². The fourth-order valence-electron chi connectivity index (χ4n) is 4.68. The predicted molar refractivity (Wildman–Crippen MR) is 187 cm³/mol. The fraction of sp³-hybridized carbons (Fsp3) is 0.128. The van der Waals surface area contributed by atoms with Crippen molar-refractivity contribution in [2.24, 2.45) is 0 Å². The zero-order valence-electron chi connectivity index (χ0n) is 26.3. The topological polar surface area (TPSA) is 96.5 Å². The van der Waals surface area contributed by atoms with Gasteiger partial charge in [0.15, 0.2) is 0 Å². The first-order valence-electron chi connectivity index (χ1n) is 15.1. The van der Waals surface area contributed by atoms with Crippen molar-refractivity contribution in [3.63, 3.8) is 0 Å². The molecule has 0 bridgehead atoms. The SMILES string of the molecule is CN(C)CC#CC(=O)Nc1ccc2ncnc(Nc3ccc(Cc4ccccccccc4)c(C(=O)OCc4ccccc4)c3)c2c1. The summed E-state index contributed by atoms with van der Waals surface area (Å²) in [6.45, 7) is 0.637. The van der Waals surface area contributed by atoms with E-state index in [0.29, 0.717) is 46.6 Å². The van der Waals surface area contributed by atoms with E-state index in [1.54, 1.807) is 24.3 Å². The van der Waals surface area contributed by atoms with Gasteiger partial charge in [-0.05, 0) is 73.5 Å². The van der Waals surface area contributed by atoms with Gasteiger partial charge in [0.25, 0.3) is 5.91 Å². The van der Waals surface area contributed by atoms with E-state index in [1.165, 1.54) is 6.33 Å². The number of hydrogen-bond acceptors (Lipinski definition) is 7. The highest BCUT2D eigenvalue weighted by Crippen LogP contribution is 2.28. The maximum Gasteiger partial charge on any atom is 0.338 e. The van der Waals surface area contributed by atoms with Gasteiger partial charge in [-0.2, -0.15) is 0 Å². The summed E-state index contributed by atoms with van der Waals surface area (Å²) in [5, 5.41) is 6.85. The van der Waals surface area contributed by atoms with Gasteiger partial charge >= 0.3 is 5.97 Å². The third-order valence-electron chi connectivity index (χ3n) is 6.98. The smallest absolute Gasteiger partial charge is 0.338 e. The lowest BCUT2D eigenvalue weighted by Crippen LogP contribution is -2.13. The quantitative estimate of drug-likeness (QED) is 0.136. The summed E-state index contributed by atoms with van der Waals surface area (Å²) >= 11 is 0. The Kier molecular flexibility index (Phi) is 11.2. The number of carbonyl (C=O) groups is 2. The molecule has 47 heavy (non-hydrogen) atoms. The monoisotopic (exact) mass is 621 g/mol. The number of benzene rings is 3. The molecular weight excluding hydrogens is 586 g/mol. The molecule has 8 heteroatoms. The van der Waals surface area contributed by atoms with Gasteiger partial charge in [-0.3, -0.25) is 9.69 Å². The van der Waals surface area contributed by atoms with Crippen molar-refractivity contribution in [3.05, 3.63) is 150 Å². The Morgan fingerprint density at radius 3 is 2.15 bits per heavy atom. The number of nitrogens with one attached hydrogen (secondary N) is 2. The summed E-state index contributed by atoms with van der Waals surface area (Å²) in [5.74, 6) is 5.11. The van der Waals surface area contributed by atoms with E-state index in [0.717, 1.165) is 16.7 Å². The van der Waals surface area contributed by atoms with Gasteiger partial charge < -0.3 is 15.4 Å². The molecular formula is C39H35N5O3. The largest absolute Gasteiger partial charge is 0.457 e. The molecule has 0 unspecified atom stereocenters. The van der Waals surface area contributed by atoms with Crippen molar-refractivity contribution < 1.29 is 14.3 Å². The van der Waals surface area contributed by atoms with Crippen LogP contribution in [0.4, 0.5) is 17.2 Å². The van der Waals surface area contributed by atoms with Gasteiger partial charge in [-0.1, -0.05) is 96.9 Å². The van der Waals surface area contributed by atoms with E-state index in [2.05, 4.69) is 32.4 Å².